The number of fused-ring (bicyclic) bond motifs is 1. The molecule has 2 heterocycles. The topological polar surface area (TPSA) is 92.8 Å². The van der Waals surface area contributed by atoms with E-state index in [2.05, 4.69) is 15.3 Å². The second-order valence-corrected chi connectivity index (χ2v) is 7.53. The number of halogens is 1. The number of hydrogen-bond donors (Lipinski definition) is 1. The Morgan fingerprint density at radius 1 is 1.18 bits per heavy atom. The maximum Gasteiger partial charge on any atom is 0.176 e. The molecule has 4 rings (SSSR count). The zero-order chi connectivity index (χ0) is 23.4. The van der Waals surface area contributed by atoms with Crippen LogP contribution >= 0.6 is 0 Å². The van der Waals surface area contributed by atoms with Crippen LogP contribution in [-0.4, -0.2) is 34.0 Å². The highest BCUT2D eigenvalue weighted by Crippen LogP contribution is 2.30. The molecule has 0 radical (unpaired) electrons. The van der Waals surface area contributed by atoms with Crippen molar-refractivity contribution in [2.45, 2.75) is 19.9 Å². The number of anilines is 1. The summed E-state index contributed by atoms with van der Waals surface area (Å²) in [6.07, 6.45) is 1.33. The molecule has 0 bridgehead atoms. The first-order valence-corrected chi connectivity index (χ1v) is 10.4. The molecule has 0 aliphatic carbocycles. The number of nitriles is 1. The monoisotopic (exact) mass is 443 g/mol. The minimum Gasteiger partial charge on any atom is -0.496 e. The average molecular weight is 443 g/mol. The molecule has 0 aliphatic heterocycles. The van der Waals surface area contributed by atoms with Crippen molar-refractivity contribution in [1.82, 2.24) is 14.5 Å². The van der Waals surface area contributed by atoms with Gasteiger partial charge in [0.1, 0.15) is 23.7 Å². The molecule has 0 saturated heterocycles. The summed E-state index contributed by atoms with van der Waals surface area (Å²) >= 11 is 0. The number of nitrogens with zero attached hydrogens (tertiary/aromatic N) is 4. The molecule has 0 aliphatic rings. The minimum atomic E-state index is -0.340. The van der Waals surface area contributed by atoms with Gasteiger partial charge in [-0.3, -0.25) is 4.79 Å². The molecule has 8 heteroatoms. The fourth-order valence-electron chi connectivity index (χ4n) is 3.80. The average Bonchev–Trinajstić information content (AvgIpc) is 3.14. The molecule has 2 aromatic heterocycles. The van der Waals surface area contributed by atoms with E-state index in [0.29, 0.717) is 35.9 Å². The quantitative estimate of drug-likeness (QED) is 0.395. The Balaban J connectivity index is 1.47. The third-order valence-electron chi connectivity index (χ3n) is 5.43. The van der Waals surface area contributed by atoms with Gasteiger partial charge < -0.3 is 14.6 Å². The van der Waals surface area contributed by atoms with Crippen molar-refractivity contribution in [2.75, 3.05) is 19.0 Å². The molecule has 0 atom stereocenters. The molecule has 33 heavy (non-hydrogen) atoms. The number of rotatable bonds is 8. The van der Waals surface area contributed by atoms with Crippen LogP contribution in [0.15, 0.2) is 54.9 Å². The summed E-state index contributed by atoms with van der Waals surface area (Å²) in [5, 5.41) is 12.8. The maximum atomic E-state index is 14.0. The highest BCUT2D eigenvalue weighted by Gasteiger charge is 2.12. The SMILES string of the molecule is COc1cc(F)cc2c1cc(C)n2CCNc1cc(-c2ccc(C(=O)CC#N)cc2)ncn1. The number of benzene rings is 2. The number of methoxy groups -OCH3 is 1. The van der Waals surface area contributed by atoms with Crippen molar-refractivity contribution in [3.05, 3.63) is 71.9 Å². The summed E-state index contributed by atoms with van der Waals surface area (Å²) in [4.78, 5) is 20.4. The Morgan fingerprint density at radius 2 is 1.97 bits per heavy atom. The molecular weight excluding hydrogens is 421 g/mol. The molecule has 4 aromatic rings. The third kappa shape index (κ3) is 4.67. The van der Waals surface area contributed by atoms with E-state index in [1.165, 1.54) is 25.6 Å². The predicted molar refractivity (Wildman–Crippen MR) is 124 cm³/mol. The van der Waals surface area contributed by atoms with E-state index in [1.807, 2.05) is 29.7 Å². The third-order valence-corrected chi connectivity index (χ3v) is 5.43. The van der Waals surface area contributed by atoms with Gasteiger partial charge in [-0.05, 0) is 19.1 Å². The molecule has 0 fully saturated rings. The molecule has 0 unspecified atom stereocenters. The van der Waals surface area contributed by atoms with E-state index in [1.54, 1.807) is 24.3 Å². The lowest BCUT2D eigenvalue weighted by Gasteiger charge is -2.11. The van der Waals surface area contributed by atoms with Crippen LogP contribution < -0.4 is 10.1 Å². The van der Waals surface area contributed by atoms with Crippen LogP contribution in [0, 0.1) is 24.1 Å². The van der Waals surface area contributed by atoms with E-state index < -0.39 is 0 Å². The standard InChI is InChI=1S/C25H22FN5O2/c1-16-11-20-22(12-19(26)13-24(20)33-2)31(16)10-9-28-25-14-21(29-15-30-25)17-3-5-18(6-4-17)23(32)7-8-27/h3-6,11-15H,7,9-10H2,1-2H3,(H,28,29,30). The summed E-state index contributed by atoms with van der Waals surface area (Å²) in [6.45, 7) is 3.16. The van der Waals surface area contributed by atoms with Crippen LogP contribution in [-0.2, 0) is 6.54 Å². The normalized spacial score (nSPS) is 10.7. The Bertz CT molecular complexity index is 1360. The van der Waals surface area contributed by atoms with Crippen LogP contribution in [0.3, 0.4) is 0 Å². The summed E-state index contributed by atoms with van der Waals surface area (Å²) in [5.74, 6) is 0.620. The lowest BCUT2D eigenvalue weighted by molar-refractivity contribution is 0.0997. The molecule has 2 aromatic carbocycles. The van der Waals surface area contributed by atoms with Gasteiger partial charge in [0, 0.05) is 47.4 Å². The predicted octanol–water partition coefficient (Wildman–Crippen LogP) is 4.76. The molecular formula is C25H22FN5O2. The van der Waals surface area contributed by atoms with Gasteiger partial charge in [-0.15, -0.1) is 0 Å². The number of hydrogen-bond acceptors (Lipinski definition) is 6. The van der Waals surface area contributed by atoms with Gasteiger partial charge in [-0.1, -0.05) is 24.3 Å². The highest BCUT2D eigenvalue weighted by molar-refractivity contribution is 5.97. The van der Waals surface area contributed by atoms with Crippen molar-refractivity contribution >= 4 is 22.5 Å². The molecule has 0 spiro atoms. The van der Waals surface area contributed by atoms with Crippen molar-refractivity contribution in [2.24, 2.45) is 0 Å². The molecule has 0 amide bonds. The summed E-state index contributed by atoms with van der Waals surface area (Å²) in [7, 11) is 1.53. The summed E-state index contributed by atoms with van der Waals surface area (Å²) in [6, 6.07) is 15.6. The first kappa shape index (κ1) is 22.0. The molecule has 1 N–H and O–H groups in total. The first-order chi connectivity index (χ1) is 16.0. The number of ketones is 1. The Hall–Kier alpha value is -4.25. The maximum absolute atomic E-state index is 14.0. The van der Waals surface area contributed by atoms with Crippen molar-refractivity contribution in [3.8, 4) is 23.1 Å². The van der Waals surface area contributed by atoms with Gasteiger partial charge >= 0.3 is 0 Å². The van der Waals surface area contributed by atoms with E-state index in [9.17, 15) is 9.18 Å². The van der Waals surface area contributed by atoms with E-state index in [-0.39, 0.29) is 18.0 Å². The van der Waals surface area contributed by atoms with E-state index in [4.69, 9.17) is 10.00 Å². The molecule has 0 saturated carbocycles. The van der Waals surface area contributed by atoms with Crippen LogP contribution in [0.1, 0.15) is 22.5 Å². The van der Waals surface area contributed by atoms with Gasteiger partial charge in [-0.25, -0.2) is 14.4 Å². The zero-order valence-corrected chi connectivity index (χ0v) is 18.3. The second-order valence-electron chi connectivity index (χ2n) is 7.53. The lowest BCUT2D eigenvalue weighted by atomic mass is 10.0. The minimum absolute atomic E-state index is 0.142. The Morgan fingerprint density at radius 3 is 2.70 bits per heavy atom. The molecule has 7 nitrogen and oxygen atoms in total. The number of carbonyl (C=O) groups is 1. The number of Topliss-reactive ketones (excluding diaryl/α,β-unsaturated/α-hetero) is 1. The van der Waals surface area contributed by atoms with Crippen molar-refractivity contribution in [3.63, 3.8) is 0 Å². The highest BCUT2D eigenvalue weighted by atomic mass is 19.1. The molecule has 166 valence electrons. The van der Waals surface area contributed by atoms with Crippen molar-refractivity contribution in [1.29, 1.82) is 5.26 Å². The Kier molecular flexibility index (Phi) is 6.31. The van der Waals surface area contributed by atoms with Crippen LogP contribution in [0.25, 0.3) is 22.2 Å². The number of carbonyl (C=O) groups excluding carboxylic acids is 1. The number of aryl methyl sites for hydroxylation is 1. The van der Waals surface area contributed by atoms with Gasteiger partial charge in [0.15, 0.2) is 5.78 Å². The smallest absolute Gasteiger partial charge is 0.176 e. The van der Waals surface area contributed by atoms with Gasteiger partial charge in [0.25, 0.3) is 0 Å². The largest absolute Gasteiger partial charge is 0.496 e. The van der Waals surface area contributed by atoms with Gasteiger partial charge in [0.05, 0.1) is 30.8 Å². The Labute approximate surface area is 190 Å². The zero-order valence-electron chi connectivity index (χ0n) is 18.3. The van der Waals surface area contributed by atoms with E-state index >= 15 is 0 Å². The fourth-order valence-corrected chi connectivity index (χ4v) is 3.80. The van der Waals surface area contributed by atoms with Gasteiger partial charge in [-0.2, -0.15) is 5.26 Å². The van der Waals surface area contributed by atoms with E-state index in [0.717, 1.165) is 22.2 Å². The van der Waals surface area contributed by atoms with Crippen LogP contribution in [0.4, 0.5) is 10.2 Å². The number of aromatic nitrogens is 3. The van der Waals surface area contributed by atoms with Gasteiger partial charge in [0.2, 0.25) is 0 Å². The van der Waals surface area contributed by atoms with Crippen LogP contribution in [0.2, 0.25) is 0 Å². The summed E-state index contributed by atoms with van der Waals surface area (Å²) < 4.78 is 21.4. The second kappa shape index (κ2) is 9.49. The number of nitrogens with one attached hydrogen (secondary N) is 1. The van der Waals surface area contributed by atoms with Crippen molar-refractivity contribution < 1.29 is 13.9 Å². The lowest BCUT2D eigenvalue weighted by Crippen LogP contribution is -2.12. The fraction of sp³-hybridized carbons (Fsp3) is 0.200. The van der Waals surface area contributed by atoms with Crippen LogP contribution in [0.5, 0.6) is 5.75 Å². The first-order valence-electron chi connectivity index (χ1n) is 10.4. The number of ether oxygens (including phenoxy) is 1. The summed E-state index contributed by atoms with van der Waals surface area (Å²) in [5.41, 5.74) is 3.82.